The van der Waals surface area contributed by atoms with Crippen LogP contribution in [-0.2, 0) is 0 Å². The van der Waals surface area contributed by atoms with Crippen molar-refractivity contribution in [3.8, 4) is 0 Å². The van der Waals surface area contributed by atoms with Crippen LogP contribution in [0.3, 0.4) is 0 Å². The number of benzene rings is 1. The third-order valence-electron chi connectivity index (χ3n) is 1.97. The lowest BCUT2D eigenvalue weighted by Gasteiger charge is -2.00. The van der Waals surface area contributed by atoms with Crippen molar-refractivity contribution in [2.45, 2.75) is 13.3 Å². The average Bonchev–Trinajstić information content (AvgIpc) is 2.19. The standard InChI is InChI=1S/C12H15NO/c1-10(14)12-8-3-2-6-11(12)7-4-5-9-13/h2-4,6-8H,5,9,13H2,1H3. The van der Waals surface area contributed by atoms with Crippen molar-refractivity contribution in [2.75, 3.05) is 6.54 Å². The van der Waals surface area contributed by atoms with Gasteiger partial charge in [0.2, 0.25) is 0 Å². The van der Waals surface area contributed by atoms with Crippen LogP contribution in [0, 0.1) is 0 Å². The van der Waals surface area contributed by atoms with Gasteiger partial charge in [-0.25, -0.2) is 0 Å². The maximum atomic E-state index is 11.2. The highest BCUT2D eigenvalue weighted by Gasteiger charge is 2.01. The molecule has 2 nitrogen and oxygen atoms in total. The summed E-state index contributed by atoms with van der Waals surface area (Å²) in [5.74, 6) is 0.0954. The van der Waals surface area contributed by atoms with Gasteiger partial charge in [-0.1, -0.05) is 36.4 Å². The van der Waals surface area contributed by atoms with Crippen molar-refractivity contribution in [3.05, 3.63) is 41.5 Å². The van der Waals surface area contributed by atoms with E-state index >= 15 is 0 Å². The summed E-state index contributed by atoms with van der Waals surface area (Å²) in [6, 6.07) is 7.57. The van der Waals surface area contributed by atoms with E-state index in [1.54, 1.807) is 6.92 Å². The van der Waals surface area contributed by atoms with E-state index in [1.165, 1.54) is 0 Å². The summed E-state index contributed by atoms with van der Waals surface area (Å²) in [4.78, 5) is 11.2. The Hall–Kier alpha value is -1.41. The molecule has 0 aliphatic heterocycles. The molecule has 0 radical (unpaired) electrons. The minimum atomic E-state index is 0.0954. The smallest absolute Gasteiger partial charge is 0.160 e. The highest BCUT2D eigenvalue weighted by atomic mass is 16.1. The van der Waals surface area contributed by atoms with Crippen LogP contribution in [0.5, 0.6) is 0 Å². The van der Waals surface area contributed by atoms with Crippen molar-refractivity contribution < 1.29 is 4.79 Å². The second-order valence-electron chi connectivity index (χ2n) is 3.12. The molecule has 0 aromatic heterocycles. The molecule has 0 atom stereocenters. The minimum Gasteiger partial charge on any atom is -0.330 e. The molecule has 0 fully saturated rings. The minimum absolute atomic E-state index is 0.0954. The predicted octanol–water partition coefficient (Wildman–Crippen LogP) is 2.25. The van der Waals surface area contributed by atoms with Gasteiger partial charge in [-0.3, -0.25) is 4.79 Å². The van der Waals surface area contributed by atoms with Gasteiger partial charge >= 0.3 is 0 Å². The van der Waals surface area contributed by atoms with Crippen LogP contribution in [0.25, 0.3) is 6.08 Å². The summed E-state index contributed by atoms with van der Waals surface area (Å²) in [5, 5.41) is 0. The van der Waals surface area contributed by atoms with Crippen LogP contribution < -0.4 is 5.73 Å². The lowest BCUT2D eigenvalue weighted by atomic mass is 10.0. The number of nitrogens with two attached hydrogens (primary N) is 1. The molecule has 74 valence electrons. The van der Waals surface area contributed by atoms with E-state index < -0.39 is 0 Å². The normalized spacial score (nSPS) is 10.7. The molecule has 0 saturated heterocycles. The number of carbonyl (C=O) groups is 1. The molecule has 1 aromatic rings. The van der Waals surface area contributed by atoms with Gasteiger partial charge < -0.3 is 5.73 Å². The first-order chi connectivity index (χ1) is 6.75. The molecule has 1 aromatic carbocycles. The second-order valence-corrected chi connectivity index (χ2v) is 3.12. The molecule has 2 N–H and O–H groups in total. The van der Waals surface area contributed by atoms with Crippen LogP contribution in [0.2, 0.25) is 0 Å². The Balaban J connectivity index is 2.90. The average molecular weight is 189 g/mol. The topological polar surface area (TPSA) is 43.1 Å². The first-order valence-corrected chi connectivity index (χ1v) is 4.72. The fraction of sp³-hybridized carbons (Fsp3) is 0.250. The summed E-state index contributed by atoms with van der Waals surface area (Å²) < 4.78 is 0. The molecule has 2 heteroatoms. The van der Waals surface area contributed by atoms with Crippen molar-refractivity contribution in [1.29, 1.82) is 0 Å². The van der Waals surface area contributed by atoms with E-state index in [1.807, 2.05) is 36.4 Å². The number of rotatable bonds is 4. The van der Waals surface area contributed by atoms with Gasteiger partial charge in [0.15, 0.2) is 5.78 Å². The van der Waals surface area contributed by atoms with Gasteiger partial charge in [0.1, 0.15) is 0 Å². The predicted molar refractivity (Wildman–Crippen MR) is 59.2 cm³/mol. The van der Waals surface area contributed by atoms with Gasteiger partial charge in [0.25, 0.3) is 0 Å². The summed E-state index contributed by atoms with van der Waals surface area (Å²) in [6.07, 6.45) is 4.78. The van der Waals surface area contributed by atoms with Crippen molar-refractivity contribution in [1.82, 2.24) is 0 Å². The zero-order chi connectivity index (χ0) is 10.4. The van der Waals surface area contributed by atoms with E-state index in [0.29, 0.717) is 6.54 Å². The van der Waals surface area contributed by atoms with E-state index in [4.69, 9.17) is 5.73 Å². The SMILES string of the molecule is CC(=O)c1ccccc1C=CCCN. The van der Waals surface area contributed by atoms with Gasteiger partial charge in [-0.05, 0) is 25.5 Å². The summed E-state index contributed by atoms with van der Waals surface area (Å²) >= 11 is 0. The molecule has 0 spiro atoms. The second kappa shape index (κ2) is 5.35. The van der Waals surface area contributed by atoms with E-state index in [0.717, 1.165) is 17.5 Å². The lowest BCUT2D eigenvalue weighted by molar-refractivity contribution is 0.101. The Kier molecular flexibility index (Phi) is 4.08. The zero-order valence-electron chi connectivity index (χ0n) is 8.36. The maximum Gasteiger partial charge on any atom is 0.160 e. The number of hydrogen-bond acceptors (Lipinski definition) is 2. The van der Waals surface area contributed by atoms with Crippen LogP contribution in [0.15, 0.2) is 30.3 Å². The molecule has 14 heavy (non-hydrogen) atoms. The maximum absolute atomic E-state index is 11.2. The van der Waals surface area contributed by atoms with Crippen LogP contribution >= 0.6 is 0 Å². The summed E-state index contributed by atoms with van der Waals surface area (Å²) in [6.45, 7) is 2.22. The fourth-order valence-corrected chi connectivity index (χ4v) is 1.27. The van der Waals surface area contributed by atoms with Gasteiger partial charge in [0, 0.05) is 5.56 Å². The van der Waals surface area contributed by atoms with Crippen molar-refractivity contribution in [3.63, 3.8) is 0 Å². The molecular weight excluding hydrogens is 174 g/mol. The lowest BCUT2D eigenvalue weighted by Crippen LogP contribution is -1.96. The molecule has 0 unspecified atom stereocenters. The van der Waals surface area contributed by atoms with E-state index in [-0.39, 0.29) is 5.78 Å². The molecule has 0 heterocycles. The van der Waals surface area contributed by atoms with Gasteiger partial charge in [-0.2, -0.15) is 0 Å². The summed E-state index contributed by atoms with van der Waals surface area (Å²) in [5.41, 5.74) is 7.10. The molecule has 1 rings (SSSR count). The summed E-state index contributed by atoms with van der Waals surface area (Å²) in [7, 11) is 0. The third-order valence-corrected chi connectivity index (χ3v) is 1.97. The Morgan fingerprint density at radius 1 is 1.43 bits per heavy atom. The zero-order valence-corrected chi connectivity index (χ0v) is 8.36. The van der Waals surface area contributed by atoms with E-state index in [9.17, 15) is 4.79 Å². The Morgan fingerprint density at radius 2 is 2.14 bits per heavy atom. The number of Topliss-reactive ketones (excluding diaryl/α,β-unsaturated/α-hetero) is 1. The number of ketones is 1. The van der Waals surface area contributed by atoms with E-state index in [2.05, 4.69) is 0 Å². The molecule has 0 amide bonds. The first-order valence-electron chi connectivity index (χ1n) is 4.72. The Labute approximate surface area is 84.4 Å². The molecule has 0 aliphatic rings. The third kappa shape index (κ3) is 2.82. The van der Waals surface area contributed by atoms with Crippen molar-refractivity contribution in [2.24, 2.45) is 5.73 Å². The monoisotopic (exact) mass is 189 g/mol. The fourth-order valence-electron chi connectivity index (χ4n) is 1.27. The molecule has 0 saturated carbocycles. The molecular formula is C12H15NO. The molecule has 0 aliphatic carbocycles. The van der Waals surface area contributed by atoms with Crippen LogP contribution in [0.4, 0.5) is 0 Å². The Morgan fingerprint density at radius 3 is 2.79 bits per heavy atom. The highest BCUT2D eigenvalue weighted by Crippen LogP contribution is 2.11. The van der Waals surface area contributed by atoms with Gasteiger partial charge in [0.05, 0.1) is 0 Å². The number of hydrogen-bond donors (Lipinski definition) is 1. The largest absolute Gasteiger partial charge is 0.330 e. The van der Waals surface area contributed by atoms with Crippen LogP contribution in [-0.4, -0.2) is 12.3 Å². The Bertz CT molecular complexity index is 342. The van der Waals surface area contributed by atoms with Crippen molar-refractivity contribution >= 4 is 11.9 Å². The quantitative estimate of drug-likeness (QED) is 0.738. The first kappa shape index (κ1) is 10.7. The molecule has 0 bridgehead atoms. The van der Waals surface area contributed by atoms with Gasteiger partial charge in [-0.15, -0.1) is 0 Å². The van der Waals surface area contributed by atoms with Crippen LogP contribution in [0.1, 0.15) is 29.3 Å². The number of carbonyl (C=O) groups excluding carboxylic acids is 1. The highest BCUT2D eigenvalue weighted by molar-refractivity contribution is 5.97.